The van der Waals surface area contributed by atoms with E-state index in [1.807, 2.05) is 59.3 Å². The van der Waals surface area contributed by atoms with Crippen LogP contribution >= 0.6 is 11.6 Å². The first kappa shape index (κ1) is 39.1. The number of halogens is 2. The molecule has 6 aromatic rings. The fraction of sp³-hybridized carbons (Fsp3) is 0.400. The molecule has 1 fully saturated rings. The zero-order chi connectivity index (χ0) is 38.9. The van der Waals surface area contributed by atoms with Crippen LogP contribution < -0.4 is 10.0 Å². The smallest absolute Gasteiger partial charge is 0.248 e. The number of hydrogen-bond donors (Lipinski definition) is 5. The number of rotatable bonds is 10. The number of nitrogens with one attached hydrogen (secondary N) is 3. The number of hydrogen-bond acceptors (Lipinski definition) is 13. The van der Waals surface area contributed by atoms with Gasteiger partial charge in [0.2, 0.25) is 21.8 Å². The topological polar surface area (TPSA) is 209 Å². The third kappa shape index (κ3) is 8.54. The molecule has 19 heteroatoms. The highest BCUT2D eigenvalue weighted by atomic mass is 35.5. The number of likely N-dealkylation sites (N-methyl/N-ethyl adjacent to an activating group) is 1. The molecule has 0 radical (unpaired) electrons. The summed E-state index contributed by atoms with van der Waals surface area (Å²) in [5.74, 6) is 0.119. The molecule has 4 aromatic heterocycles. The van der Waals surface area contributed by atoms with Crippen LogP contribution in [0.25, 0.3) is 22.1 Å². The van der Waals surface area contributed by atoms with Crippen molar-refractivity contribution in [2.45, 2.75) is 62.9 Å². The summed E-state index contributed by atoms with van der Waals surface area (Å²) >= 11 is 5.81. The Morgan fingerprint density at radius 3 is 2.54 bits per heavy atom. The van der Waals surface area contributed by atoms with Gasteiger partial charge in [-0.2, -0.15) is 0 Å². The zero-order valence-electron chi connectivity index (χ0n) is 30.4. The standard InChI is InChI=1S/C21H21ClFN7O4.C14H21N3O2S/c1-21(2,3)20-29-28-18(34-20)15-13(31)14(32)19(33-15)30-8-26-12-16(24-7-25-17(12)30)27-11-5-4-9(22)6-10(11)23;1-15-20(18,19)10-11-4-5-14-13(8-11)12(9-16-14)6-7-17(2)3/h4-8,13-15,19,31-32H,1-3H3,(H,24,25,27);4-5,8-9,15-16H,6-7,10H2,1-3H3/t13-,14+,15-,19+;/m0./s1. The molecule has 2 aromatic carbocycles. The minimum absolute atomic E-state index is 0.0116. The summed E-state index contributed by atoms with van der Waals surface area (Å²) in [4.78, 5) is 18.0. The van der Waals surface area contributed by atoms with E-state index in [1.54, 1.807) is 0 Å². The number of sulfonamides is 1. The summed E-state index contributed by atoms with van der Waals surface area (Å²) < 4.78 is 52.9. The van der Waals surface area contributed by atoms with Crippen molar-refractivity contribution in [1.82, 2.24) is 44.3 Å². The summed E-state index contributed by atoms with van der Waals surface area (Å²) in [6.45, 7) is 6.69. The van der Waals surface area contributed by atoms with Crippen LogP contribution in [0.4, 0.5) is 15.9 Å². The van der Waals surface area contributed by atoms with Gasteiger partial charge in [-0.05, 0) is 69.0 Å². The van der Waals surface area contributed by atoms with Crippen LogP contribution in [-0.4, -0.2) is 98.1 Å². The van der Waals surface area contributed by atoms with E-state index < -0.39 is 45.8 Å². The molecule has 4 atom stereocenters. The largest absolute Gasteiger partial charge is 0.422 e. The molecule has 0 bridgehead atoms. The summed E-state index contributed by atoms with van der Waals surface area (Å²) in [7, 11) is 2.29. The van der Waals surface area contributed by atoms with Gasteiger partial charge in [0.05, 0.1) is 17.8 Å². The molecule has 5 heterocycles. The number of anilines is 2. The molecular weight excluding hydrogens is 743 g/mol. The number of aliphatic hydroxyl groups is 2. The van der Waals surface area contributed by atoms with Gasteiger partial charge in [-0.15, -0.1) is 10.2 Å². The van der Waals surface area contributed by atoms with E-state index in [-0.39, 0.29) is 28.2 Å². The Labute approximate surface area is 315 Å². The molecule has 1 saturated heterocycles. The molecular formula is C35H42ClFN10O6S. The first-order valence-electron chi connectivity index (χ1n) is 16.9. The fourth-order valence-electron chi connectivity index (χ4n) is 5.75. The second kappa shape index (κ2) is 15.7. The average molecular weight is 785 g/mol. The zero-order valence-corrected chi connectivity index (χ0v) is 32.0. The summed E-state index contributed by atoms with van der Waals surface area (Å²) in [5.41, 5.74) is 3.43. The number of benzene rings is 2. The number of H-pyrrole nitrogens is 1. The van der Waals surface area contributed by atoms with Crippen LogP contribution in [0.2, 0.25) is 5.02 Å². The maximum Gasteiger partial charge on any atom is 0.248 e. The van der Waals surface area contributed by atoms with E-state index in [1.165, 1.54) is 48.0 Å². The predicted molar refractivity (Wildman–Crippen MR) is 200 cm³/mol. The average Bonchev–Trinajstić information content (AvgIpc) is 3.92. The maximum absolute atomic E-state index is 14.2. The second-order valence-corrected chi connectivity index (χ2v) is 16.5. The van der Waals surface area contributed by atoms with Gasteiger partial charge < -0.3 is 34.6 Å². The monoisotopic (exact) mass is 784 g/mol. The minimum Gasteiger partial charge on any atom is -0.422 e. The van der Waals surface area contributed by atoms with Gasteiger partial charge in [0, 0.05) is 34.1 Å². The van der Waals surface area contributed by atoms with Crippen molar-refractivity contribution < 1.29 is 32.2 Å². The predicted octanol–water partition coefficient (Wildman–Crippen LogP) is 4.36. The molecule has 0 aliphatic carbocycles. The number of fused-ring (bicyclic) bond motifs is 2. The molecule has 288 valence electrons. The Morgan fingerprint density at radius 1 is 1.07 bits per heavy atom. The number of aromatic nitrogens is 7. The van der Waals surface area contributed by atoms with Gasteiger partial charge in [0.1, 0.15) is 24.4 Å². The lowest BCUT2D eigenvalue weighted by atomic mass is 9.97. The van der Waals surface area contributed by atoms with Crippen LogP contribution in [0.1, 0.15) is 56.0 Å². The normalized spacial score (nSPS) is 19.1. The first-order valence-corrected chi connectivity index (χ1v) is 19.0. The molecule has 54 heavy (non-hydrogen) atoms. The van der Waals surface area contributed by atoms with Gasteiger partial charge in [0.25, 0.3) is 0 Å². The summed E-state index contributed by atoms with van der Waals surface area (Å²) in [6, 6.07) is 9.94. The van der Waals surface area contributed by atoms with Crippen molar-refractivity contribution in [3.63, 3.8) is 0 Å². The number of ether oxygens (including phenoxy) is 1. The highest BCUT2D eigenvalue weighted by Gasteiger charge is 2.48. The van der Waals surface area contributed by atoms with Gasteiger partial charge >= 0.3 is 0 Å². The quantitative estimate of drug-likeness (QED) is 0.131. The Balaban J connectivity index is 0.000000212. The number of imidazole rings is 1. The van der Waals surface area contributed by atoms with E-state index in [4.69, 9.17) is 20.8 Å². The van der Waals surface area contributed by atoms with Crippen molar-refractivity contribution in [2.24, 2.45) is 0 Å². The molecule has 1 aliphatic rings. The van der Waals surface area contributed by atoms with Crippen molar-refractivity contribution in [3.05, 3.63) is 89.0 Å². The lowest BCUT2D eigenvalue weighted by Crippen LogP contribution is -2.29. The van der Waals surface area contributed by atoms with Crippen molar-refractivity contribution in [2.75, 3.05) is 33.0 Å². The third-order valence-corrected chi connectivity index (χ3v) is 10.3. The Kier molecular flexibility index (Phi) is 11.4. The fourth-order valence-corrected chi connectivity index (χ4v) is 6.67. The van der Waals surface area contributed by atoms with Crippen molar-refractivity contribution in [3.8, 4) is 0 Å². The van der Waals surface area contributed by atoms with E-state index in [0.717, 1.165) is 29.4 Å². The third-order valence-electron chi connectivity index (χ3n) is 8.71. The van der Waals surface area contributed by atoms with Crippen LogP contribution in [0.15, 0.2) is 59.7 Å². The highest BCUT2D eigenvalue weighted by molar-refractivity contribution is 7.88. The molecule has 5 N–H and O–H groups in total. The molecule has 0 saturated carbocycles. The lowest BCUT2D eigenvalue weighted by molar-refractivity contribution is -0.0441. The van der Waals surface area contributed by atoms with E-state index in [9.17, 15) is 23.0 Å². The molecule has 0 unspecified atom stereocenters. The minimum atomic E-state index is -3.23. The van der Waals surface area contributed by atoms with Gasteiger partial charge in [-0.1, -0.05) is 38.4 Å². The number of aliphatic hydroxyl groups excluding tert-OH is 2. The van der Waals surface area contributed by atoms with Crippen LogP contribution in [0.3, 0.4) is 0 Å². The molecule has 1 aliphatic heterocycles. The Bertz CT molecular complexity index is 2360. The van der Waals surface area contributed by atoms with Gasteiger partial charge in [-0.3, -0.25) is 4.57 Å². The Morgan fingerprint density at radius 2 is 1.85 bits per heavy atom. The molecule has 0 spiro atoms. The summed E-state index contributed by atoms with van der Waals surface area (Å²) in [6.07, 6.45) is 0.818. The lowest BCUT2D eigenvalue weighted by Gasteiger charge is -2.16. The van der Waals surface area contributed by atoms with Crippen molar-refractivity contribution >= 4 is 55.2 Å². The first-order chi connectivity index (χ1) is 25.5. The van der Waals surface area contributed by atoms with Crippen LogP contribution in [0, 0.1) is 5.82 Å². The highest BCUT2D eigenvalue weighted by Crippen LogP contribution is 2.40. The van der Waals surface area contributed by atoms with E-state index in [2.05, 4.69) is 45.1 Å². The van der Waals surface area contributed by atoms with Crippen LogP contribution in [0.5, 0.6) is 0 Å². The molecule has 0 amide bonds. The number of nitrogens with zero attached hydrogens (tertiary/aromatic N) is 7. The van der Waals surface area contributed by atoms with Gasteiger partial charge in [0.15, 0.2) is 29.3 Å². The maximum atomic E-state index is 14.2. The van der Waals surface area contributed by atoms with E-state index >= 15 is 0 Å². The molecule has 7 rings (SSSR count). The van der Waals surface area contributed by atoms with Crippen molar-refractivity contribution in [1.29, 1.82) is 0 Å². The van der Waals surface area contributed by atoms with Crippen LogP contribution in [-0.2, 0) is 32.3 Å². The SMILES string of the molecule is CC(C)(C)c1nnc([C@H]2O[C@@H](n3cnc4c(Nc5ccc(Cl)cc5F)ncnc43)[C@H](O)[C@@H]2O)o1.CNS(=O)(=O)Cc1ccc2[nH]cc(CCN(C)C)c2c1. The Hall–Kier alpha value is -4.56. The van der Waals surface area contributed by atoms with E-state index in [0.29, 0.717) is 17.1 Å². The van der Waals surface area contributed by atoms with Gasteiger partial charge in [-0.25, -0.2) is 32.5 Å². The summed E-state index contributed by atoms with van der Waals surface area (Å²) in [5, 5.41) is 33.6. The second-order valence-electron chi connectivity index (χ2n) is 14.1. The number of aromatic amines is 1. The molecule has 16 nitrogen and oxygen atoms in total.